The van der Waals surface area contributed by atoms with Crippen LogP contribution in [0.15, 0.2) is 71.8 Å². The number of ether oxygens (including phenoxy) is 5. The molecule has 0 spiro atoms. The Bertz CT molecular complexity index is 1700. The number of hydrogen-bond donors (Lipinski definition) is 4. The molecule has 0 aliphatic carbocycles. The first-order valence-corrected chi connectivity index (χ1v) is 18.9. The van der Waals surface area contributed by atoms with Gasteiger partial charge in [-0.2, -0.15) is 0 Å². The summed E-state index contributed by atoms with van der Waals surface area (Å²) in [7, 11) is -3.97. The number of aliphatic carboxylic acids is 2. The van der Waals surface area contributed by atoms with Gasteiger partial charge < -0.3 is 39.2 Å². The second-order valence-corrected chi connectivity index (χ2v) is 13.5. The zero-order valence-electron chi connectivity index (χ0n) is 29.9. The lowest BCUT2D eigenvalue weighted by atomic mass is 10.1. The van der Waals surface area contributed by atoms with Gasteiger partial charge in [-0.1, -0.05) is 18.6 Å². The maximum absolute atomic E-state index is 12.9. The van der Waals surface area contributed by atoms with Gasteiger partial charge in [0.1, 0.15) is 30.5 Å². The van der Waals surface area contributed by atoms with Crippen molar-refractivity contribution in [2.75, 3.05) is 64.1 Å². The highest BCUT2D eigenvalue weighted by molar-refractivity contribution is 7.92. The molecule has 3 rings (SSSR count). The van der Waals surface area contributed by atoms with E-state index in [2.05, 4.69) is 15.0 Å². The van der Waals surface area contributed by atoms with E-state index in [0.29, 0.717) is 30.9 Å². The van der Waals surface area contributed by atoms with Crippen LogP contribution in [0.4, 0.5) is 5.82 Å². The number of pyridine rings is 1. The average Bonchev–Trinajstić information content (AvgIpc) is 3.14. The minimum atomic E-state index is -3.97. The van der Waals surface area contributed by atoms with E-state index in [0.717, 1.165) is 24.8 Å². The molecule has 0 fully saturated rings. The first-order chi connectivity index (χ1) is 26.0. The monoisotopic (exact) mass is 773 g/mol. The molecule has 0 unspecified atom stereocenters. The lowest BCUT2D eigenvalue weighted by Gasteiger charge is -2.10. The van der Waals surface area contributed by atoms with Crippen molar-refractivity contribution in [3.63, 3.8) is 0 Å². The Labute approximate surface area is 314 Å². The fourth-order valence-electron chi connectivity index (χ4n) is 4.68. The van der Waals surface area contributed by atoms with E-state index in [1.54, 1.807) is 12.1 Å². The third kappa shape index (κ3) is 18.2. The number of benzene rings is 2. The van der Waals surface area contributed by atoms with Crippen molar-refractivity contribution in [3.8, 4) is 11.5 Å². The smallest absolute Gasteiger partial charge is 0.329 e. The number of carboxylic acids is 2. The van der Waals surface area contributed by atoms with Crippen molar-refractivity contribution in [3.05, 3.63) is 78.0 Å². The number of rotatable bonds is 29. The number of Topliss-reactive ketones (excluding diaryl/α,β-unsaturated/α-hetero) is 1. The van der Waals surface area contributed by atoms with Crippen LogP contribution in [0.5, 0.6) is 11.5 Å². The molecule has 0 saturated heterocycles. The summed E-state index contributed by atoms with van der Waals surface area (Å²) < 4.78 is 54.9. The summed E-state index contributed by atoms with van der Waals surface area (Å²) >= 11 is 0. The minimum Gasteiger partial charge on any atom is -0.481 e. The summed E-state index contributed by atoms with van der Waals surface area (Å²) in [6.07, 6.45) is 5.47. The predicted octanol–water partition coefficient (Wildman–Crippen LogP) is 4.09. The third-order valence-corrected chi connectivity index (χ3v) is 8.79. The number of nitrogens with one attached hydrogen (secondary N) is 2. The number of sulfonamides is 1. The van der Waals surface area contributed by atoms with E-state index in [-0.39, 0.29) is 87.7 Å². The number of aromatic nitrogens is 1. The highest BCUT2D eigenvalue weighted by Crippen LogP contribution is 2.24. The molecular weight excluding hydrogens is 726 g/mol. The zero-order valence-corrected chi connectivity index (χ0v) is 30.7. The SMILES string of the molecule is O=C(O)CCCCCc1ccc(Oc2ccc(S(=O)(=O)Nc3ccc(C(=O)NCCOCCOCC(=O)CCCOCCOCC(=O)O)cn3)cc2)cc1. The van der Waals surface area contributed by atoms with Crippen molar-refractivity contribution >= 4 is 39.5 Å². The molecule has 1 heterocycles. The summed E-state index contributed by atoms with van der Waals surface area (Å²) in [5.41, 5.74) is 1.34. The number of hydrogen-bond acceptors (Lipinski definition) is 12. The van der Waals surface area contributed by atoms with E-state index in [1.165, 1.54) is 30.5 Å². The number of unbranched alkanes of at least 4 members (excludes halogenated alkanes) is 2. The van der Waals surface area contributed by atoms with E-state index < -0.39 is 27.9 Å². The molecule has 0 bridgehead atoms. The number of ketones is 1. The maximum atomic E-state index is 12.9. The molecule has 0 aliphatic rings. The molecule has 0 atom stereocenters. The van der Waals surface area contributed by atoms with E-state index >= 15 is 0 Å². The van der Waals surface area contributed by atoms with Gasteiger partial charge >= 0.3 is 11.9 Å². The van der Waals surface area contributed by atoms with Crippen molar-refractivity contribution in [1.29, 1.82) is 0 Å². The number of amides is 1. The Morgan fingerprint density at radius 1 is 0.648 bits per heavy atom. The molecule has 1 amide bonds. The molecule has 54 heavy (non-hydrogen) atoms. The Morgan fingerprint density at radius 3 is 1.94 bits per heavy atom. The summed E-state index contributed by atoms with van der Waals surface area (Å²) in [6.45, 7) is 1.17. The maximum Gasteiger partial charge on any atom is 0.329 e. The molecule has 16 nitrogen and oxygen atoms in total. The van der Waals surface area contributed by atoms with Gasteiger partial charge in [0.15, 0.2) is 5.78 Å². The Hall–Kier alpha value is -4.94. The first-order valence-electron chi connectivity index (χ1n) is 17.4. The number of aryl methyl sites for hydroxylation is 1. The van der Waals surface area contributed by atoms with Crippen molar-refractivity contribution < 1.29 is 61.5 Å². The van der Waals surface area contributed by atoms with Crippen molar-refractivity contribution in [2.45, 2.75) is 49.8 Å². The summed E-state index contributed by atoms with van der Waals surface area (Å²) in [5.74, 6) is -1.26. The molecule has 0 aliphatic heterocycles. The lowest BCUT2D eigenvalue weighted by Crippen LogP contribution is -2.28. The van der Waals surface area contributed by atoms with Crippen LogP contribution in [-0.2, 0) is 49.8 Å². The first kappa shape index (κ1) is 43.5. The number of carboxylic acid groups (broad SMARTS) is 2. The van der Waals surface area contributed by atoms with Crippen molar-refractivity contribution in [1.82, 2.24) is 10.3 Å². The fraction of sp³-hybridized carbons (Fsp3) is 0.432. The van der Waals surface area contributed by atoms with Crippen LogP contribution in [0, 0.1) is 0 Å². The molecule has 17 heteroatoms. The van der Waals surface area contributed by atoms with Gasteiger partial charge in [0.25, 0.3) is 15.9 Å². The van der Waals surface area contributed by atoms with Crippen LogP contribution in [0.1, 0.15) is 54.4 Å². The van der Waals surface area contributed by atoms with Gasteiger partial charge in [-0.3, -0.25) is 19.1 Å². The van der Waals surface area contributed by atoms with Crippen LogP contribution in [-0.4, -0.2) is 107 Å². The van der Waals surface area contributed by atoms with Gasteiger partial charge in [-0.25, -0.2) is 18.2 Å². The lowest BCUT2D eigenvalue weighted by molar-refractivity contribution is -0.143. The standard InChI is InChI=1S/C37H47N3O13S/c41-30(6-4-19-49-21-24-52-27-36(44)45)26-51-23-22-50-20-18-38-37(46)29-10-17-34(39-25-29)40-54(47,48)33-15-13-32(14-16-33)53-31-11-8-28(9-12-31)5-2-1-3-7-35(42)43/h8-17,25H,1-7,18-24,26-27H2,(H,38,46)(H,39,40)(H,42,43)(H,44,45). The van der Waals surface area contributed by atoms with E-state index in [4.69, 9.17) is 33.9 Å². The van der Waals surface area contributed by atoms with Crippen LogP contribution in [0.25, 0.3) is 0 Å². The van der Waals surface area contributed by atoms with Gasteiger partial charge in [-0.05, 0) is 79.8 Å². The highest BCUT2D eigenvalue weighted by Gasteiger charge is 2.16. The van der Waals surface area contributed by atoms with E-state index in [9.17, 15) is 27.6 Å². The molecule has 0 saturated carbocycles. The zero-order chi connectivity index (χ0) is 39.0. The van der Waals surface area contributed by atoms with Gasteiger partial charge in [0, 0.05) is 32.2 Å². The quantitative estimate of drug-likeness (QED) is 0.0730. The normalized spacial score (nSPS) is 11.2. The van der Waals surface area contributed by atoms with Crippen LogP contribution in [0.2, 0.25) is 0 Å². The topological polar surface area (TPSA) is 226 Å². The number of carbonyl (C=O) groups is 4. The summed E-state index contributed by atoms with van der Waals surface area (Å²) in [6, 6.07) is 16.3. The molecule has 2 aromatic carbocycles. The fourth-order valence-corrected chi connectivity index (χ4v) is 5.69. The van der Waals surface area contributed by atoms with Crippen LogP contribution >= 0.6 is 0 Å². The summed E-state index contributed by atoms with van der Waals surface area (Å²) in [5, 5.41) is 19.9. The number of anilines is 1. The average molecular weight is 774 g/mol. The van der Waals surface area contributed by atoms with Gasteiger partial charge in [-0.15, -0.1) is 0 Å². The Kier molecular flexibility index (Phi) is 19.6. The van der Waals surface area contributed by atoms with Crippen LogP contribution in [0.3, 0.4) is 0 Å². The van der Waals surface area contributed by atoms with Crippen LogP contribution < -0.4 is 14.8 Å². The minimum absolute atomic E-state index is 0.00484. The predicted molar refractivity (Wildman–Crippen MR) is 195 cm³/mol. The molecule has 4 N–H and O–H groups in total. The Balaban J connectivity index is 1.27. The van der Waals surface area contributed by atoms with Gasteiger partial charge in [0.2, 0.25) is 0 Å². The molecule has 1 aromatic heterocycles. The molecular formula is C37H47N3O13S. The molecule has 0 radical (unpaired) electrons. The largest absolute Gasteiger partial charge is 0.481 e. The summed E-state index contributed by atoms with van der Waals surface area (Å²) in [4.78, 5) is 49.3. The Morgan fingerprint density at radius 2 is 1.30 bits per heavy atom. The van der Waals surface area contributed by atoms with Crippen molar-refractivity contribution in [2.24, 2.45) is 0 Å². The number of carbonyl (C=O) groups excluding carboxylic acids is 2. The second kappa shape index (κ2) is 24.4. The second-order valence-electron chi connectivity index (χ2n) is 11.8. The highest BCUT2D eigenvalue weighted by atomic mass is 32.2. The number of nitrogens with zero attached hydrogens (tertiary/aromatic N) is 1. The van der Waals surface area contributed by atoms with Gasteiger partial charge in [0.05, 0.1) is 43.5 Å². The molecule has 294 valence electrons. The molecule has 3 aromatic rings. The third-order valence-electron chi connectivity index (χ3n) is 7.42. The van der Waals surface area contributed by atoms with E-state index in [1.807, 2.05) is 24.3 Å².